The van der Waals surface area contributed by atoms with Crippen LogP contribution < -0.4 is 0 Å². The summed E-state index contributed by atoms with van der Waals surface area (Å²) in [6.07, 6.45) is 6.28. The number of imidazole rings is 1. The molecule has 2 atom stereocenters. The second kappa shape index (κ2) is 7.29. The Morgan fingerprint density at radius 2 is 2.26 bits per heavy atom. The van der Waals surface area contributed by atoms with E-state index in [4.69, 9.17) is 4.74 Å². The van der Waals surface area contributed by atoms with Crippen LogP contribution in [0.5, 0.6) is 0 Å². The van der Waals surface area contributed by atoms with Crippen molar-refractivity contribution in [3.05, 3.63) is 18.2 Å². The van der Waals surface area contributed by atoms with Gasteiger partial charge in [-0.1, -0.05) is 6.92 Å². The van der Waals surface area contributed by atoms with Crippen molar-refractivity contribution in [2.24, 2.45) is 0 Å². The van der Waals surface area contributed by atoms with Gasteiger partial charge in [-0.25, -0.2) is 13.4 Å². The van der Waals surface area contributed by atoms with Crippen LogP contribution >= 0.6 is 0 Å². The number of ether oxygens (including phenoxy) is 1. The topological polar surface area (TPSA) is 78.5 Å². The van der Waals surface area contributed by atoms with Crippen LogP contribution in [-0.2, 0) is 14.8 Å². The highest BCUT2D eigenvalue weighted by Gasteiger charge is 2.36. The molecule has 0 unspecified atom stereocenters. The van der Waals surface area contributed by atoms with E-state index in [0.29, 0.717) is 19.7 Å². The lowest BCUT2D eigenvalue weighted by atomic mass is 10.1. The number of hydrogen-bond acceptors (Lipinski definition) is 5. The van der Waals surface area contributed by atoms with Crippen molar-refractivity contribution in [1.82, 2.24) is 19.2 Å². The zero-order valence-corrected chi connectivity index (χ0v) is 14.5. The Bertz CT molecular complexity index is 584. The third-order valence-electron chi connectivity index (χ3n) is 4.76. The highest BCUT2D eigenvalue weighted by Crippen LogP contribution is 2.25. The van der Waals surface area contributed by atoms with E-state index in [2.05, 4.69) is 21.8 Å². The van der Waals surface area contributed by atoms with E-state index in [0.717, 1.165) is 38.2 Å². The first-order valence-electron chi connectivity index (χ1n) is 8.43. The standard InChI is InChI=1S/C15H26N4O3S/c1-2-18-8-9-19(11-14(18)15-16-6-7-17-15)23(20,21)12-13-5-3-4-10-22-13/h6-7,13-14H,2-5,8-12H2,1H3,(H,16,17)/t13-,14-/m0/s1. The molecule has 1 aromatic rings. The van der Waals surface area contributed by atoms with Gasteiger partial charge >= 0.3 is 0 Å². The summed E-state index contributed by atoms with van der Waals surface area (Å²) < 4.78 is 32.7. The molecule has 2 saturated heterocycles. The van der Waals surface area contributed by atoms with Crippen molar-refractivity contribution in [2.75, 3.05) is 38.5 Å². The van der Waals surface area contributed by atoms with E-state index in [1.807, 2.05) is 0 Å². The molecular formula is C15H26N4O3S. The lowest BCUT2D eigenvalue weighted by Gasteiger charge is -2.39. The van der Waals surface area contributed by atoms with Crippen LogP contribution in [0.3, 0.4) is 0 Å². The van der Waals surface area contributed by atoms with E-state index in [1.54, 1.807) is 16.7 Å². The summed E-state index contributed by atoms with van der Waals surface area (Å²) in [5.41, 5.74) is 0. The first-order valence-corrected chi connectivity index (χ1v) is 10.0. The third kappa shape index (κ3) is 3.93. The van der Waals surface area contributed by atoms with Gasteiger partial charge in [0.1, 0.15) is 5.82 Å². The molecule has 130 valence electrons. The van der Waals surface area contributed by atoms with Crippen LogP contribution in [0.4, 0.5) is 0 Å². The monoisotopic (exact) mass is 342 g/mol. The number of likely N-dealkylation sites (N-methyl/N-ethyl adjacent to an activating group) is 1. The third-order valence-corrected chi connectivity index (χ3v) is 6.67. The van der Waals surface area contributed by atoms with Crippen molar-refractivity contribution < 1.29 is 13.2 Å². The lowest BCUT2D eigenvalue weighted by Crippen LogP contribution is -2.52. The van der Waals surface area contributed by atoms with Gasteiger partial charge in [-0.15, -0.1) is 0 Å². The normalized spacial score (nSPS) is 28.0. The van der Waals surface area contributed by atoms with Crippen molar-refractivity contribution >= 4 is 10.0 Å². The summed E-state index contributed by atoms with van der Waals surface area (Å²) in [6.45, 7) is 5.38. The number of hydrogen-bond donors (Lipinski definition) is 1. The molecule has 3 rings (SSSR count). The molecule has 2 aliphatic heterocycles. The molecule has 8 heteroatoms. The van der Waals surface area contributed by atoms with Crippen LogP contribution in [0, 0.1) is 0 Å². The predicted molar refractivity (Wildman–Crippen MR) is 87.5 cm³/mol. The summed E-state index contributed by atoms with van der Waals surface area (Å²) in [6, 6.07) is -0.00852. The zero-order chi connectivity index (χ0) is 16.3. The number of aromatic nitrogens is 2. The van der Waals surface area contributed by atoms with Gasteiger partial charge in [0, 0.05) is 38.6 Å². The Morgan fingerprint density at radius 3 is 2.91 bits per heavy atom. The minimum absolute atomic E-state index is 0.00852. The van der Waals surface area contributed by atoms with Crippen LogP contribution in [0.15, 0.2) is 12.4 Å². The molecule has 0 amide bonds. The number of piperazine rings is 1. The molecule has 0 aromatic carbocycles. The Labute approximate surface area is 138 Å². The van der Waals surface area contributed by atoms with E-state index in [9.17, 15) is 8.42 Å². The van der Waals surface area contributed by atoms with E-state index in [-0.39, 0.29) is 17.9 Å². The molecule has 0 bridgehead atoms. The smallest absolute Gasteiger partial charge is 0.216 e. The number of rotatable bonds is 5. The van der Waals surface area contributed by atoms with Gasteiger partial charge in [0.2, 0.25) is 10.0 Å². The lowest BCUT2D eigenvalue weighted by molar-refractivity contribution is 0.0292. The molecule has 0 spiro atoms. The Kier molecular flexibility index (Phi) is 5.35. The molecule has 7 nitrogen and oxygen atoms in total. The van der Waals surface area contributed by atoms with Gasteiger partial charge in [-0.05, 0) is 25.8 Å². The van der Waals surface area contributed by atoms with E-state index < -0.39 is 10.0 Å². The van der Waals surface area contributed by atoms with Crippen LogP contribution in [0.2, 0.25) is 0 Å². The molecule has 0 saturated carbocycles. The number of nitrogens with zero attached hydrogens (tertiary/aromatic N) is 3. The quantitative estimate of drug-likeness (QED) is 0.863. The highest BCUT2D eigenvalue weighted by atomic mass is 32.2. The van der Waals surface area contributed by atoms with Crippen molar-refractivity contribution in [3.8, 4) is 0 Å². The molecule has 0 radical (unpaired) electrons. The second-order valence-electron chi connectivity index (χ2n) is 6.24. The Morgan fingerprint density at radius 1 is 1.39 bits per heavy atom. The predicted octanol–water partition coefficient (Wildman–Crippen LogP) is 0.987. The molecule has 1 aromatic heterocycles. The Balaban J connectivity index is 1.69. The average molecular weight is 342 g/mol. The molecule has 3 heterocycles. The van der Waals surface area contributed by atoms with Crippen molar-refractivity contribution in [3.63, 3.8) is 0 Å². The molecular weight excluding hydrogens is 316 g/mol. The summed E-state index contributed by atoms with van der Waals surface area (Å²) in [7, 11) is -3.30. The number of H-pyrrole nitrogens is 1. The second-order valence-corrected chi connectivity index (χ2v) is 8.26. The Hall–Kier alpha value is -0.960. The van der Waals surface area contributed by atoms with Gasteiger partial charge in [0.15, 0.2) is 0 Å². The number of nitrogens with one attached hydrogen (secondary N) is 1. The average Bonchev–Trinajstić information content (AvgIpc) is 3.09. The first kappa shape index (κ1) is 16.9. The largest absolute Gasteiger partial charge is 0.377 e. The van der Waals surface area contributed by atoms with Crippen molar-refractivity contribution in [1.29, 1.82) is 0 Å². The van der Waals surface area contributed by atoms with Gasteiger partial charge < -0.3 is 9.72 Å². The summed E-state index contributed by atoms with van der Waals surface area (Å²) in [5.74, 6) is 0.935. The van der Waals surface area contributed by atoms with Crippen molar-refractivity contribution in [2.45, 2.75) is 38.3 Å². The fraction of sp³-hybridized carbons (Fsp3) is 0.800. The molecule has 2 aliphatic rings. The zero-order valence-electron chi connectivity index (χ0n) is 13.6. The maximum absolute atomic E-state index is 12.8. The summed E-state index contributed by atoms with van der Waals surface area (Å²) >= 11 is 0. The van der Waals surface area contributed by atoms with E-state index >= 15 is 0 Å². The number of sulfonamides is 1. The number of aromatic amines is 1. The van der Waals surface area contributed by atoms with Crippen LogP contribution in [0.25, 0.3) is 0 Å². The fourth-order valence-corrected chi connectivity index (χ4v) is 5.10. The van der Waals surface area contributed by atoms with Gasteiger partial charge in [0.25, 0.3) is 0 Å². The summed E-state index contributed by atoms with van der Waals surface area (Å²) in [4.78, 5) is 9.72. The molecule has 1 N–H and O–H groups in total. The minimum Gasteiger partial charge on any atom is -0.377 e. The van der Waals surface area contributed by atoms with E-state index in [1.165, 1.54) is 0 Å². The van der Waals surface area contributed by atoms with Gasteiger partial charge in [-0.3, -0.25) is 4.90 Å². The molecule has 0 aliphatic carbocycles. The maximum atomic E-state index is 12.8. The van der Waals surface area contributed by atoms with Gasteiger partial charge in [-0.2, -0.15) is 4.31 Å². The molecule has 23 heavy (non-hydrogen) atoms. The maximum Gasteiger partial charge on any atom is 0.216 e. The molecule has 2 fully saturated rings. The van der Waals surface area contributed by atoms with Gasteiger partial charge in [0.05, 0.1) is 17.9 Å². The first-order chi connectivity index (χ1) is 11.1. The minimum atomic E-state index is -3.30. The van der Waals surface area contributed by atoms with Crippen LogP contribution in [0.1, 0.15) is 38.1 Å². The SMILES string of the molecule is CCN1CCN(S(=O)(=O)C[C@@H]2CCCCO2)C[C@H]1c1ncc[nH]1. The highest BCUT2D eigenvalue weighted by molar-refractivity contribution is 7.89. The summed E-state index contributed by atoms with van der Waals surface area (Å²) in [5, 5.41) is 0. The fourth-order valence-electron chi connectivity index (χ4n) is 3.42. The van der Waals surface area contributed by atoms with Crippen LogP contribution in [-0.4, -0.2) is 72.2 Å².